The van der Waals surface area contributed by atoms with Crippen LogP contribution in [0.3, 0.4) is 0 Å². The van der Waals surface area contributed by atoms with E-state index >= 15 is 0 Å². The van der Waals surface area contributed by atoms with Gasteiger partial charge in [0.1, 0.15) is 0 Å². The van der Waals surface area contributed by atoms with Crippen molar-refractivity contribution in [2.24, 2.45) is 0 Å². The lowest BCUT2D eigenvalue weighted by molar-refractivity contribution is 0.103. The third kappa shape index (κ3) is 2.78. The first-order valence-electron chi connectivity index (χ1n) is 6.28. The Bertz CT molecular complexity index is 724. The van der Waals surface area contributed by atoms with Gasteiger partial charge in [-0.15, -0.1) is 0 Å². The predicted octanol–water partition coefficient (Wildman–Crippen LogP) is 2.17. The number of hydrogen-bond acceptors (Lipinski definition) is 5. The van der Waals surface area contributed by atoms with Gasteiger partial charge in [0.25, 0.3) is 0 Å². The highest BCUT2D eigenvalue weighted by atomic mass is 16.1. The zero-order valence-electron chi connectivity index (χ0n) is 11.3. The van der Waals surface area contributed by atoms with Crippen LogP contribution in [0.4, 0.5) is 0 Å². The molecule has 0 N–H and O–H groups in total. The van der Waals surface area contributed by atoms with E-state index in [1.165, 1.54) is 36.4 Å². The summed E-state index contributed by atoms with van der Waals surface area (Å²) in [6.07, 6.45) is 2.04. The summed E-state index contributed by atoms with van der Waals surface area (Å²) in [7, 11) is 0. The van der Waals surface area contributed by atoms with E-state index in [4.69, 9.17) is 0 Å². The number of carbonyl (C=O) groups is 5. The summed E-state index contributed by atoms with van der Waals surface area (Å²) in [5.74, 6) is -0.416. The molecule has 2 rings (SSSR count). The molecule has 0 amide bonds. The van der Waals surface area contributed by atoms with Gasteiger partial charge in [-0.25, -0.2) is 0 Å². The first-order chi connectivity index (χ1) is 10.6. The molecule has 0 radical (unpaired) electrons. The lowest BCUT2D eigenvalue weighted by atomic mass is 9.96. The monoisotopic (exact) mass is 294 g/mol. The first-order valence-corrected chi connectivity index (χ1v) is 6.28. The van der Waals surface area contributed by atoms with Gasteiger partial charge in [-0.2, -0.15) is 0 Å². The molecule has 0 saturated carbocycles. The molecule has 5 nitrogen and oxygen atoms in total. The van der Waals surface area contributed by atoms with Gasteiger partial charge in [0, 0.05) is 33.4 Å². The maximum absolute atomic E-state index is 12.4. The van der Waals surface area contributed by atoms with Crippen molar-refractivity contribution in [3.05, 3.63) is 69.8 Å². The van der Waals surface area contributed by atoms with Crippen LogP contribution in [0.5, 0.6) is 0 Å². The quantitative estimate of drug-likeness (QED) is 0.602. The van der Waals surface area contributed by atoms with Crippen molar-refractivity contribution in [3.8, 4) is 0 Å². The molecule has 0 aliphatic rings. The molecule has 2 aromatic rings. The van der Waals surface area contributed by atoms with E-state index in [0.717, 1.165) is 0 Å². The van der Waals surface area contributed by atoms with E-state index in [-0.39, 0.29) is 33.4 Å². The van der Waals surface area contributed by atoms with E-state index in [1.54, 1.807) is 0 Å². The number of benzene rings is 2. The molecule has 0 aliphatic heterocycles. The normalized spacial score (nSPS) is 9.82. The van der Waals surface area contributed by atoms with Gasteiger partial charge in [-0.3, -0.25) is 24.0 Å². The summed E-state index contributed by atoms with van der Waals surface area (Å²) in [4.78, 5) is 55.8. The Balaban J connectivity index is 2.48. The molecule has 0 bridgehead atoms. The second-order valence-electron chi connectivity index (χ2n) is 4.49. The van der Waals surface area contributed by atoms with Crippen LogP contribution in [0, 0.1) is 0 Å². The predicted molar refractivity (Wildman–Crippen MR) is 77.9 cm³/mol. The second kappa shape index (κ2) is 6.49. The van der Waals surface area contributed by atoms with Crippen molar-refractivity contribution < 1.29 is 24.0 Å². The summed E-state index contributed by atoms with van der Waals surface area (Å²) in [5.41, 5.74) is 1.03. The fraction of sp³-hybridized carbons (Fsp3) is 0. The van der Waals surface area contributed by atoms with Gasteiger partial charge in [0.2, 0.25) is 0 Å². The van der Waals surface area contributed by atoms with Crippen molar-refractivity contribution in [2.75, 3.05) is 0 Å². The number of rotatable bonds is 6. The topological polar surface area (TPSA) is 85.3 Å². The lowest BCUT2D eigenvalue weighted by Gasteiger charge is -2.05. The molecule has 2 aromatic carbocycles. The van der Waals surface area contributed by atoms with Crippen molar-refractivity contribution >= 4 is 30.9 Å². The van der Waals surface area contributed by atoms with E-state index < -0.39 is 5.78 Å². The average Bonchev–Trinajstić information content (AvgIpc) is 2.59. The van der Waals surface area contributed by atoms with Crippen LogP contribution in [0.1, 0.15) is 57.4 Å². The Labute approximate surface area is 125 Å². The second-order valence-corrected chi connectivity index (χ2v) is 4.49. The zero-order valence-corrected chi connectivity index (χ0v) is 11.3. The summed E-state index contributed by atoms with van der Waals surface area (Å²) < 4.78 is 0. The largest absolute Gasteiger partial charge is 0.298 e. The molecule has 0 atom stereocenters. The van der Waals surface area contributed by atoms with Gasteiger partial charge in [0.05, 0.1) is 0 Å². The molecule has 0 heterocycles. The third-order valence-electron chi connectivity index (χ3n) is 3.21. The minimum atomic E-state index is -0.416. The van der Waals surface area contributed by atoms with Crippen LogP contribution in [0.25, 0.3) is 0 Å². The molecule has 0 unspecified atom stereocenters. The number of aldehydes is 4. The van der Waals surface area contributed by atoms with Crippen LogP contribution in [0.2, 0.25) is 0 Å². The van der Waals surface area contributed by atoms with Gasteiger partial charge >= 0.3 is 0 Å². The van der Waals surface area contributed by atoms with Crippen LogP contribution in [-0.2, 0) is 0 Å². The van der Waals surface area contributed by atoms with Crippen molar-refractivity contribution in [1.29, 1.82) is 0 Å². The highest BCUT2D eigenvalue weighted by Crippen LogP contribution is 2.16. The minimum Gasteiger partial charge on any atom is -0.298 e. The van der Waals surface area contributed by atoms with Crippen LogP contribution in [-0.4, -0.2) is 30.9 Å². The van der Waals surface area contributed by atoms with E-state index in [2.05, 4.69) is 0 Å². The van der Waals surface area contributed by atoms with E-state index in [9.17, 15) is 24.0 Å². The fourth-order valence-electron chi connectivity index (χ4n) is 2.02. The Morgan fingerprint density at radius 3 is 1.27 bits per heavy atom. The maximum Gasteiger partial charge on any atom is 0.193 e. The summed E-state index contributed by atoms with van der Waals surface area (Å²) >= 11 is 0. The van der Waals surface area contributed by atoms with Gasteiger partial charge < -0.3 is 0 Å². The maximum atomic E-state index is 12.4. The standard InChI is InChI=1S/C17H10O5/c18-7-13-3-1-11(5-15(13)9-20)17(22)12-2-4-14(8-19)16(6-12)10-21/h1-10H. The molecule has 0 fully saturated rings. The minimum absolute atomic E-state index is 0.112. The average molecular weight is 294 g/mol. The molecular weight excluding hydrogens is 284 g/mol. The van der Waals surface area contributed by atoms with Crippen molar-refractivity contribution in [1.82, 2.24) is 0 Å². The molecule has 0 spiro atoms. The highest BCUT2D eigenvalue weighted by molar-refractivity contribution is 6.11. The van der Waals surface area contributed by atoms with Crippen LogP contribution in [0.15, 0.2) is 36.4 Å². The Morgan fingerprint density at radius 2 is 0.955 bits per heavy atom. The summed E-state index contributed by atoms with van der Waals surface area (Å²) in [5, 5.41) is 0. The van der Waals surface area contributed by atoms with E-state index in [0.29, 0.717) is 25.1 Å². The molecule has 0 saturated heterocycles. The first kappa shape index (κ1) is 15.2. The van der Waals surface area contributed by atoms with Crippen molar-refractivity contribution in [2.45, 2.75) is 0 Å². The molecule has 0 aromatic heterocycles. The number of hydrogen-bond donors (Lipinski definition) is 0. The SMILES string of the molecule is O=Cc1ccc(C(=O)c2ccc(C=O)c(C=O)c2)cc1C=O. The van der Waals surface area contributed by atoms with Crippen molar-refractivity contribution in [3.63, 3.8) is 0 Å². The Hall–Kier alpha value is -3.21. The molecule has 0 aliphatic carbocycles. The van der Waals surface area contributed by atoms with Gasteiger partial charge in [0.15, 0.2) is 30.9 Å². The number of carbonyl (C=O) groups excluding carboxylic acids is 5. The Kier molecular flexibility index (Phi) is 4.48. The molecule has 22 heavy (non-hydrogen) atoms. The molecule has 108 valence electrons. The van der Waals surface area contributed by atoms with Gasteiger partial charge in [-0.1, -0.05) is 24.3 Å². The summed E-state index contributed by atoms with van der Waals surface area (Å²) in [6.45, 7) is 0. The molecule has 5 heteroatoms. The summed E-state index contributed by atoms with van der Waals surface area (Å²) in [6, 6.07) is 8.23. The lowest BCUT2D eigenvalue weighted by Crippen LogP contribution is -2.05. The van der Waals surface area contributed by atoms with Crippen LogP contribution >= 0.6 is 0 Å². The third-order valence-corrected chi connectivity index (χ3v) is 3.21. The number of ketones is 1. The Morgan fingerprint density at radius 1 is 0.591 bits per heavy atom. The molecular formula is C17H10O5. The van der Waals surface area contributed by atoms with Crippen LogP contribution < -0.4 is 0 Å². The fourth-order valence-corrected chi connectivity index (χ4v) is 2.02. The highest BCUT2D eigenvalue weighted by Gasteiger charge is 2.13. The zero-order chi connectivity index (χ0) is 16.1. The van der Waals surface area contributed by atoms with E-state index in [1.807, 2.05) is 0 Å². The smallest absolute Gasteiger partial charge is 0.193 e. The van der Waals surface area contributed by atoms with Gasteiger partial charge in [-0.05, 0) is 12.1 Å².